The van der Waals surface area contributed by atoms with E-state index >= 15 is 0 Å². The fraction of sp³-hybridized carbons (Fsp3) is 0.464. The van der Waals surface area contributed by atoms with Crippen LogP contribution in [0.5, 0.6) is 5.75 Å². The average molecular weight is 539 g/mol. The Morgan fingerprint density at radius 1 is 1.11 bits per heavy atom. The molecule has 10 heteroatoms. The highest BCUT2D eigenvalue weighted by Gasteiger charge is 2.46. The van der Waals surface area contributed by atoms with Crippen LogP contribution in [0.1, 0.15) is 92.4 Å². The Balaban J connectivity index is 1.71. The van der Waals surface area contributed by atoms with Gasteiger partial charge in [0.1, 0.15) is 11.4 Å². The Kier molecular flexibility index (Phi) is 5.90. The van der Waals surface area contributed by atoms with Crippen LogP contribution < -0.4 is 16.2 Å². The van der Waals surface area contributed by atoms with Crippen LogP contribution in [0.3, 0.4) is 0 Å². The third-order valence-electron chi connectivity index (χ3n) is 8.00. The van der Waals surface area contributed by atoms with Crippen molar-refractivity contribution in [2.45, 2.75) is 81.4 Å². The van der Waals surface area contributed by atoms with Gasteiger partial charge in [0.05, 0.1) is 28.6 Å². The molecule has 9 nitrogen and oxygen atoms in total. The molecule has 3 heterocycles. The summed E-state index contributed by atoms with van der Waals surface area (Å²) < 4.78 is 33.2. The van der Waals surface area contributed by atoms with Crippen LogP contribution in [0.4, 0.5) is 0 Å². The second kappa shape index (κ2) is 8.56. The van der Waals surface area contributed by atoms with E-state index in [1.807, 2.05) is 58.9 Å². The molecule has 3 aliphatic heterocycles. The van der Waals surface area contributed by atoms with Crippen LogP contribution in [0.15, 0.2) is 46.3 Å². The van der Waals surface area contributed by atoms with E-state index in [-0.39, 0.29) is 52.8 Å². The first kappa shape index (κ1) is 26.2. The van der Waals surface area contributed by atoms with E-state index in [2.05, 4.69) is 4.99 Å². The van der Waals surface area contributed by atoms with Crippen LogP contribution in [0.25, 0.3) is 0 Å². The third kappa shape index (κ3) is 4.15. The molecule has 2 aromatic rings. The van der Waals surface area contributed by atoms with Gasteiger partial charge in [0.25, 0.3) is 0 Å². The number of sulfone groups is 1. The van der Waals surface area contributed by atoms with E-state index in [0.717, 1.165) is 11.3 Å². The van der Waals surface area contributed by atoms with Crippen molar-refractivity contribution in [1.29, 1.82) is 0 Å². The summed E-state index contributed by atoms with van der Waals surface area (Å²) in [6.07, 6.45) is 0.272. The zero-order valence-electron chi connectivity index (χ0n) is 22.3. The van der Waals surface area contributed by atoms with Crippen LogP contribution in [0.2, 0.25) is 0 Å². The van der Waals surface area contributed by atoms with Crippen molar-refractivity contribution in [3.05, 3.63) is 58.7 Å². The topological polar surface area (TPSA) is 145 Å². The number of aliphatic imine (C=N–C) groups is 1. The number of rotatable bonds is 3. The summed E-state index contributed by atoms with van der Waals surface area (Å²) in [5.74, 6) is -0.754. The van der Waals surface area contributed by atoms with E-state index in [1.165, 1.54) is 11.0 Å². The fourth-order valence-corrected chi connectivity index (χ4v) is 8.07. The molecule has 38 heavy (non-hydrogen) atoms. The zero-order chi connectivity index (χ0) is 27.8. The maximum absolute atomic E-state index is 13.4. The molecule has 0 aromatic heterocycles. The predicted molar refractivity (Wildman–Crippen MR) is 144 cm³/mol. The number of carbonyl (C=O) groups is 2. The molecule has 0 radical (unpaired) electrons. The Morgan fingerprint density at radius 2 is 1.79 bits per heavy atom. The van der Waals surface area contributed by atoms with Gasteiger partial charge in [0, 0.05) is 11.5 Å². The molecule has 3 atom stereocenters. The largest absolute Gasteiger partial charge is 0.487 e. The van der Waals surface area contributed by atoms with Crippen LogP contribution in [0, 0.1) is 0 Å². The number of fused-ring (bicyclic) bond motifs is 2. The number of hydrogen-bond donors (Lipinski definition) is 2. The lowest BCUT2D eigenvalue weighted by Crippen LogP contribution is -2.52. The smallest absolute Gasteiger partial charge is 0.249 e. The minimum absolute atomic E-state index is 0.0400. The van der Waals surface area contributed by atoms with Crippen molar-refractivity contribution >= 4 is 27.6 Å². The number of nitrogens with two attached hydrogens (primary N) is 2. The molecule has 2 aromatic carbocycles. The number of ether oxygens (including phenoxy) is 1. The highest BCUT2D eigenvalue weighted by molar-refractivity contribution is 7.91. The lowest BCUT2D eigenvalue weighted by molar-refractivity contribution is -0.131. The number of hydrogen-bond acceptors (Lipinski definition) is 7. The number of carbonyl (C=O) groups excluding carboxylic acids is 2. The van der Waals surface area contributed by atoms with E-state index in [4.69, 9.17) is 16.2 Å². The Bertz CT molecular complexity index is 1490. The minimum atomic E-state index is -3.70. The first-order valence-corrected chi connectivity index (χ1v) is 14.4. The van der Waals surface area contributed by atoms with Crippen molar-refractivity contribution < 1.29 is 22.7 Å². The molecule has 0 spiro atoms. The number of guanidine groups is 1. The second-order valence-electron chi connectivity index (χ2n) is 11.7. The van der Waals surface area contributed by atoms with Gasteiger partial charge in [-0.15, -0.1) is 0 Å². The maximum atomic E-state index is 13.4. The zero-order valence-corrected chi connectivity index (χ0v) is 23.1. The summed E-state index contributed by atoms with van der Waals surface area (Å²) in [6.45, 7) is 9.53. The predicted octanol–water partition coefficient (Wildman–Crippen LogP) is 3.39. The first-order valence-electron chi connectivity index (χ1n) is 12.8. The Morgan fingerprint density at radius 3 is 2.45 bits per heavy atom. The van der Waals surface area contributed by atoms with Crippen molar-refractivity contribution in [1.82, 2.24) is 4.90 Å². The second-order valence-corrected chi connectivity index (χ2v) is 13.8. The van der Waals surface area contributed by atoms with Crippen LogP contribution >= 0.6 is 0 Å². The maximum Gasteiger partial charge on any atom is 0.249 e. The standard InChI is InChI=1S/C28H34N4O5S/c1-15-16-8-6-7-9-21(16)37-28(4,5)24(15)17-13-22-19(12-18(17)25(29)34)20(10-11-38(22,35)36)32-23(33)14-27(2,3)31-26(32)30/h6-9,12-13,15,20,24H,10-11,14H2,1-5H3,(H2,29,34)(H2,30,31)/t15-,20-,24?/m1/s1. The fourth-order valence-electron chi connectivity index (χ4n) is 6.46. The van der Waals surface area contributed by atoms with Crippen molar-refractivity contribution in [3.8, 4) is 5.75 Å². The van der Waals surface area contributed by atoms with Gasteiger partial charge in [0.15, 0.2) is 15.8 Å². The summed E-state index contributed by atoms with van der Waals surface area (Å²) in [6, 6.07) is 10.1. The lowest BCUT2D eigenvalue weighted by atomic mass is 9.70. The minimum Gasteiger partial charge on any atom is -0.487 e. The van der Waals surface area contributed by atoms with E-state index < -0.39 is 32.9 Å². The summed E-state index contributed by atoms with van der Waals surface area (Å²) >= 11 is 0. The third-order valence-corrected chi connectivity index (χ3v) is 9.79. The summed E-state index contributed by atoms with van der Waals surface area (Å²) in [5.41, 5.74) is 12.8. The molecule has 0 saturated heterocycles. The van der Waals surface area contributed by atoms with Gasteiger partial charge in [-0.05, 0) is 74.9 Å². The number of primary amides is 1. The summed E-state index contributed by atoms with van der Waals surface area (Å²) in [4.78, 5) is 32.0. The molecule has 0 bridgehead atoms. The van der Waals surface area contributed by atoms with Crippen molar-refractivity contribution in [2.75, 3.05) is 5.75 Å². The van der Waals surface area contributed by atoms with E-state index in [9.17, 15) is 18.0 Å². The first-order chi connectivity index (χ1) is 17.6. The van der Waals surface area contributed by atoms with Gasteiger partial charge >= 0.3 is 0 Å². The molecule has 5 rings (SSSR count). The molecule has 1 unspecified atom stereocenters. The highest BCUT2D eigenvalue weighted by Crippen LogP contribution is 2.52. The monoisotopic (exact) mass is 538 g/mol. The Labute approximate surface area is 223 Å². The van der Waals surface area contributed by atoms with Crippen LogP contribution in [-0.2, 0) is 14.6 Å². The van der Waals surface area contributed by atoms with Crippen molar-refractivity contribution in [3.63, 3.8) is 0 Å². The average Bonchev–Trinajstić information content (AvgIpc) is 2.78. The number of benzene rings is 2. The van der Waals surface area contributed by atoms with Gasteiger partial charge in [0.2, 0.25) is 11.8 Å². The molecule has 0 saturated carbocycles. The number of para-hydroxylation sites is 1. The normalized spacial score (nSPS) is 27.0. The van der Waals surface area contributed by atoms with Gasteiger partial charge in [-0.1, -0.05) is 25.1 Å². The molecular weight excluding hydrogens is 504 g/mol. The molecule has 202 valence electrons. The van der Waals surface area contributed by atoms with E-state index in [1.54, 1.807) is 6.07 Å². The highest BCUT2D eigenvalue weighted by atomic mass is 32.2. The molecule has 3 aliphatic rings. The molecule has 4 N–H and O–H groups in total. The SMILES string of the molecule is C[C@@H]1c2ccccc2OC(C)(C)C1c1cc2c(cc1C(N)=O)[C@H](N1C(=O)CC(C)(C)N=C1N)CCS2(=O)=O. The van der Waals surface area contributed by atoms with E-state index in [0.29, 0.717) is 11.1 Å². The molecule has 0 fully saturated rings. The Hall–Kier alpha value is -3.40. The summed E-state index contributed by atoms with van der Waals surface area (Å²) in [7, 11) is -3.70. The quantitative estimate of drug-likeness (QED) is 0.613. The van der Waals surface area contributed by atoms with Crippen molar-refractivity contribution in [2.24, 2.45) is 16.5 Å². The molecule has 2 amide bonds. The van der Waals surface area contributed by atoms with Gasteiger partial charge in [-0.3, -0.25) is 14.5 Å². The van der Waals surface area contributed by atoms with Crippen LogP contribution in [-0.4, -0.2) is 48.0 Å². The van der Waals surface area contributed by atoms with Gasteiger partial charge in [-0.25, -0.2) is 13.4 Å². The number of nitrogens with zero attached hydrogens (tertiary/aromatic N) is 2. The van der Waals surface area contributed by atoms with Gasteiger partial charge < -0.3 is 16.2 Å². The lowest BCUT2D eigenvalue weighted by Gasteiger charge is -2.45. The molecular formula is C28H34N4O5S. The number of amides is 2. The van der Waals surface area contributed by atoms with Gasteiger partial charge in [-0.2, -0.15) is 0 Å². The summed E-state index contributed by atoms with van der Waals surface area (Å²) in [5, 5.41) is 0. The molecule has 0 aliphatic carbocycles.